The SMILES string of the molecule is CCCCCCCCCCCCCCCCCCCCCCCCCCCCC(=O)OC(COC(=O)CCCCCCCCC)COC(OCC[N+](C)(C)C)C(=O)[O-]. The van der Waals surface area contributed by atoms with Gasteiger partial charge in [0, 0.05) is 12.8 Å². The van der Waals surface area contributed by atoms with Crippen molar-refractivity contribution >= 4 is 17.9 Å². The van der Waals surface area contributed by atoms with Crippen molar-refractivity contribution in [2.45, 2.75) is 251 Å². The molecular weight excluding hydrogens is 731 g/mol. The molecule has 0 bridgehead atoms. The lowest BCUT2D eigenvalue weighted by Crippen LogP contribution is -2.44. The molecule has 0 aromatic rings. The Balaban J connectivity index is 4.06. The molecule has 0 amide bonds. The van der Waals surface area contributed by atoms with E-state index in [1.165, 1.54) is 173 Å². The molecule has 0 N–H and O–H groups in total. The van der Waals surface area contributed by atoms with Crippen molar-refractivity contribution in [3.05, 3.63) is 0 Å². The normalized spacial score (nSPS) is 12.8. The van der Waals surface area contributed by atoms with Crippen molar-refractivity contribution in [3.63, 3.8) is 0 Å². The maximum atomic E-state index is 12.7. The highest BCUT2D eigenvalue weighted by Crippen LogP contribution is 2.17. The average Bonchev–Trinajstić information content (AvgIpc) is 3.18. The number of hydrogen-bond acceptors (Lipinski definition) is 8. The molecule has 0 radical (unpaired) electrons. The van der Waals surface area contributed by atoms with Crippen LogP contribution in [0.3, 0.4) is 0 Å². The summed E-state index contributed by atoms with van der Waals surface area (Å²) in [5, 5.41) is 11.7. The molecule has 0 aliphatic carbocycles. The van der Waals surface area contributed by atoms with Gasteiger partial charge in [0.2, 0.25) is 0 Å². The minimum absolute atomic E-state index is 0.152. The van der Waals surface area contributed by atoms with Crippen LogP contribution in [0.1, 0.15) is 239 Å². The Kier molecular flexibility index (Phi) is 40.8. The maximum Gasteiger partial charge on any atom is 0.306 e. The molecule has 0 aromatic heterocycles. The fourth-order valence-corrected chi connectivity index (χ4v) is 7.24. The Morgan fingerprint density at radius 3 is 1.10 bits per heavy atom. The molecule has 0 aliphatic heterocycles. The third kappa shape index (κ3) is 42.4. The molecule has 0 spiro atoms. The second-order valence-electron chi connectivity index (χ2n) is 18.1. The van der Waals surface area contributed by atoms with E-state index in [-0.39, 0.29) is 32.2 Å². The minimum Gasteiger partial charge on any atom is -0.545 e. The molecule has 0 fully saturated rings. The van der Waals surface area contributed by atoms with E-state index < -0.39 is 24.3 Å². The van der Waals surface area contributed by atoms with Gasteiger partial charge in [-0.2, -0.15) is 0 Å². The third-order valence-corrected chi connectivity index (χ3v) is 11.1. The van der Waals surface area contributed by atoms with Gasteiger partial charge >= 0.3 is 11.9 Å². The van der Waals surface area contributed by atoms with Gasteiger partial charge in [-0.3, -0.25) is 9.59 Å². The van der Waals surface area contributed by atoms with E-state index in [1.54, 1.807) is 0 Å². The first-order valence-corrected chi connectivity index (χ1v) is 24.7. The molecule has 0 heterocycles. The number of unbranched alkanes of at least 4 members (excludes halogenated alkanes) is 31. The fraction of sp³-hybridized carbons (Fsp3) is 0.939. The van der Waals surface area contributed by atoms with Crippen LogP contribution in [0.2, 0.25) is 0 Å². The number of quaternary nitrogens is 1. The topological polar surface area (TPSA) is 111 Å². The molecule has 0 rings (SSSR count). The predicted octanol–water partition coefficient (Wildman–Crippen LogP) is 12.0. The molecule has 2 unspecified atom stereocenters. The molecular formula is C49H95NO8. The standard InChI is InChI=1S/C49H95NO8/c1-6-8-10-12-14-15-16-17-18-19-20-21-22-23-24-25-26-27-28-29-30-31-32-34-36-38-40-47(52)58-45(43-56-46(51)39-37-35-33-13-11-9-7-2)44-57-49(48(53)54)55-42-41-50(3,4)5/h45,49H,6-44H2,1-5H3. The lowest BCUT2D eigenvalue weighted by atomic mass is 10.0. The summed E-state index contributed by atoms with van der Waals surface area (Å²) >= 11 is 0. The largest absolute Gasteiger partial charge is 0.545 e. The third-order valence-electron chi connectivity index (χ3n) is 11.1. The van der Waals surface area contributed by atoms with E-state index in [2.05, 4.69) is 13.8 Å². The zero-order chi connectivity index (χ0) is 42.8. The molecule has 0 aromatic carbocycles. The lowest BCUT2D eigenvalue weighted by molar-refractivity contribution is -0.870. The molecule has 344 valence electrons. The first-order valence-electron chi connectivity index (χ1n) is 24.7. The molecule has 0 saturated carbocycles. The summed E-state index contributed by atoms with van der Waals surface area (Å²) < 4.78 is 22.5. The van der Waals surface area contributed by atoms with Gasteiger partial charge in [-0.15, -0.1) is 0 Å². The first kappa shape index (κ1) is 56.3. The van der Waals surface area contributed by atoms with Crippen LogP contribution >= 0.6 is 0 Å². The Bertz CT molecular complexity index is 923. The van der Waals surface area contributed by atoms with Crippen molar-refractivity contribution in [2.24, 2.45) is 0 Å². The van der Waals surface area contributed by atoms with Crippen LogP contribution in [0.15, 0.2) is 0 Å². The average molecular weight is 826 g/mol. The summed E-state index contributed by atoms with van der Waals surface area (Å²) in [5.41, 5.74) is 0. The highest BCUT2D eigenvalue weighted by atomic mass is 16.7. The van der Waals surface area contributed by atoms with Crippen LogP contribution in [-0.4, -0.2) is 82.3 Å². The number of carboxylic acids is 1. The van der Waals surface area contributed by atoms with E-state index in [0.29, 0.717) is 17.4 Å². The van der Waals surface area contributed by atoms with Gasteiger partial charge < -0.3 is 33.3 Å². The van der Waals surface area contributed by atoms with Crippen molar-refractivity contribution in [2.75, 3.05) is 47.5 Å². The number of nitrogens with zero attached hydrogens (tertiary/aromatic N) is 1. The predicted molar refractivity (Wildman–Crippen MR) is 237 cm³/mol. The van der Waals surface area contributed by atoms with Gasteiger partial charge in [-0.1, -0.05) is 213 Å². The Morgan fingerprint density at radius 1 is 0.448 bits per heavy atom. The highest BCUT2D eigenvalue weighted by molar-refractivity contribution is 5.70. The second kappa shape index (κ2) is 42.0. The van der Waals surface area contributed by atoms with Crippen molar-refractivity contribution in [1.29, 1.82) is 0 Å². The van der Waals surface area contributed by atoms with Crippen LogP contribution in [0.4, 0.5) is 0 Å². The van der Waals surface area contributed by atoms with Crippen LogP contribution in [0.5, 0.6) is 0 Å². The van der Waals surface area contributed by atoms with E-state index >= 15 is 0 Å². The highest BCUT2D eigenvalue weighted by Gasteiger charge is 2.22. The van der Waals surface area contributed by atoms with Gasteiger partial charge in [0.05, 0.1) is 40.3 Å². The number of hydrogen-bond donors (Lipinski definition) is 0. The van der Waals surface area contributed by atoms with E-state index in [9.17, 15) is 19.5 Å². The Hall–Kier alpha value is -1.71. The van der Waals surface area contributed by atoms with Crippen molar-refractivity contribution in [3.8, 4) is 0 Å². The second-order valence-corrected chi connectivity index (χ2v) is 18.1. The summed E-state index contributed by atoms with van der Waals surface area (Å²) in [4.78, 5) is 36.8. The molecule has 58 heavy (non-hydrogen) atoms. The molecule has 2 atom stereocenters. The molecule has 9 heteroatoms. The molecule has 9 nitrogen and oxygen atoms in total. The van der Waals surface area contributed by atoms with E-state index in [0.717, 1.165) is 38.5 Å². The summed E-state index contributed by atoms with van der Waals surface area (Å²) in [6.45, 7) is 4.73. The van der Waals surface area contributed by atoms with Crippen LogP contribution in [-0.2, 0) is 33.3 Å². The number of ether oxygens (including phenoxy) is 4. The molecule has 0 aliphatic rings. The zero-order valence-corrected chi connectivity index (χ0v) is 38.9. The van der Waals surface area contributed by atoms with Gasteiger partial charge in [0.25, 0.3) is 0 Å². The van der Waals surface area contributed by atoms with Gasteiger partial charge in [-0.25, -0.2) is 0 Å². The monoisotopic (exact) mass is 826 g/mol. The lowest BCUT2D eigenvalue weighted by Gasteiger charge is -2.26. The summed E-state index contributed by atoms with van der Waals surface area (Å²) in [6, 6.07) is 0. The fourth-order valence-electron chi connectivity index (χ4n) is 7.24. The summed E-state index contributed by atoms with van der Waals surface area (Å²) in [6.07, 6.45) is 40.3. The van der Waals surface area contributed by atoms with Crippen LogP contribution < -0.4 is 5.11 Å². The van der Waals surface area contributed by atoms with Crippen LogP contribution in [0.25, 0.3) is 0 Å². The van der Waals surface area contributed by atoms with Crippen molar-refractivity contribution < 1.29 is 42.9 Å². The quantitative estimate of drug-likeness (QED) is 0.0258. The Morgan fingerprint density at radius 2 is 0.776 bits per heavy atom. The number of aliphatic carboxylic acids is 1. The van der Waals surface area contributed by atoms with Crippen LogP contribution in [0, 0.1) is 0 Å². The number of carbonyl (C=O) groups is 3. The first-order chi connectivity index (χ1) is 28.1. The van der Waals surface area contributed by atoms with Gasteiger partial charge in [-0.05, 0) is 12.8 Å². The zero-order valence-electron chi connectivity index (χ0n) is 38.9. The number of carbonyl (C=O) groups excluding carboxylic acids is 3. The van der Waals surface area contributed by atoms with E-state index in [4.69, 9.17) is 18.9 Å². The smallest absolute Gasteiger partial charge is 0.306 e. The van der Waals surface area contributed by atoms with Gasteiger partial charge in [0.15, 0.2) is 12.4 Å². The van der Waals surface area contributed by atoms with Gasteiger partial charge in [0.1, 0.15) is 13.2 Å². The van der Waals surface area contributed by atoms with Crippen molar-refractivity contribution in [1.82, 2.24) is 0 Å². The van der Waals surface area contributed by atoms with E-state index in [1.807, 2.05) is 21.1 Å². The Labute approximate surface area is 358 Å². The molecule has 0 saturated heterocycles. The number of esters is 2. The maximum absolute atomic E-state index is 12.7. The number of likely N-dealkylation sites (N-methyl/N-ethyl adjacent to an activating group) is 1. The number of rotatable bonds is 46. The summed E-state index contributed by atoms with van der Waals surface area (Å²) in [7, 11) is 5.91. The summed E-state index contributed by atoms with van der Waals surface area (Å²) in [5.74, 6) is -2.27. The minimum atomic E-state index is -1.61. The number of carboxylic acid groups (broad SMARTS) is 1.